The summed E-state index contributed by atoms with van der Waals surface area (Å²) in [6, 6.07) is 15.7. The highest BCUT2D eigenvalue weighted by molar-refractivity contribution is 5.31. The molecule has 0 spiro atoms. The Hall–Kier alpha value is -2.00. The van der Waals surface area contributed by atoms with Gasteiger partial charge >= 0.3 is 0 Å². The van der Waals surface area contributed by atoms with E-state index in [-0.39, 0.29) is 12.7 Å². The summed E-state index contributed by atoms with van der Waals surface area (Å²) in [5, 5.41) is 8.88. The van der Waals surface area contributed by atoms with Crippen LogP contribution in [0.1, 0.15) is 24.2 Å². The van der Waals surface area contributed by atoms with Gasteiger partial charge in [0.2, 0.25) is 0 Å². The van der Waals surface area contributed by atoms with Crippen molar-refractivity contribution >= 4 is 0 Å². The molecule has 2 aromatic rings. The minimum absolute atomic E-state index is 0.0235. The van der Waals surface area contributed by atoms with Crippen LogP contribution in [0.25, 0.3) is 0 Å². The second-order valence-electron chi connectivity index (χ2n) is 4.65. The summed E-state index contributed by atoms with van der Waals surface area (Å²) in [5.41, 5.74) is 2.21. The standard InChI is InChI=1S/C17H20O3/c1-13(15-5-9-16(19-2)10-6-15)20-17-7-3-14(4-8-17)11-12-18/h3-10,13,18H,11-12H2,1-2H3. The highest BCUT2D eigenvalue weighted by atomic mass is 16.5. The summed E-state index contributed by atoms with van der Waals surface area (Å²) in [7, 11) is 1.66. The van der Waals surface area contributed by atoms with Gasteiger partial charge in [0, 0.05) is 6.61 Å². The van der Waals surface area contributed by atoms with Gasteiger partial charge in [0.25, 0.3) is 0 Å². The molecule has 0 saturated carbocycles. The molecule has 0 bridgehead atoms. The van der Waals surface area contributed by atoms with E-state index in [0.29, 0.717) is 6.42 Å². The third-order valence-electron chi connectivity index (χ3n) is 3.22. The van der Waals surface area contributed by atoms with Gasteiger partial charge in [-0.05, 0) is 48.7 Å². The van der Waals surface area contributed by atoms with E-state index in [0.717, 1.165) is 22.6 Å². The Kier molecular flexibility index (Phi) is 5.02. The van der Waals surface area contributed by atoms with Gasteiger partial charge in [0.05, 0.1) is 7.11 Å². The topological polar surface area (TPSA) is 38.7 Å². The summed E-state index contributed by atoms with van der Waals surface area (Å²) < 4.78 is 11.0. The molecule has 20 heavy (non-hydrogen) atoms. The third kappa shape index (κ3) is 3.75. The average Bonchev–Trinajstić information content (AvgIpc) is 2.49. The minimum atomic E-state index is -0.0235. The normalized spacial score (nSPS) is 11.9. The number of methoxy groups -OCH3 is 1. The first-order valence-electron chi connectivity index (χ1n) is 6.73. The fourth-order valence-corrected chi connectivity index (χ4v) is 2.01. The number of benzene rings is 2. The van der Waals surface area contributed by atoms with Gasteiger partial charge in [-0.25, -0.2) is 0 Å². The van der Waals surface area contributed by atoms with Crippen LogP contribution in [0.15, 0.2) is 48.5 Å². The van der Waals surface area contributed by atoms with E-state index in [2.05, 4.69) is 0 Å². The fourth-order valence-electron chi connectivity index (χ4n) is 2.01. The van der Waals surface area contributed by atoms with Crippen molar-refractivity contribution in [2.45, 2.75) is 19.4 Å². The van der Waals surface area contributed by atoms with Crippen LogP contribution in [0, 0.1) is 0 Å². The van der Waals surface area contributed by atoms with Crippen LogP contribution in [0.2, 0.25) is 0 Å². The van der Waals surface area contributed by atoms with Gasteiger partial charge in [-0.3, -0.25) is 0 Å². The lowest BCUT2D eigenvalue weighted by molar-refractivity contribution is 0.226. The maximum atomic E-state index is 8.88. The molecule has 106 valence electrons. The number of hydrogen-bond acceptors (Lipinski definition) is 3. The highest BCUT2D eigenvalue weighted by Crippen LogP contribution is 2.23. The van der Waals surface area contributed by atoms with E-state index < -0.39 is 0 Å². The van der Waals surface area contributed by atoms with Gasteiger partial charge in [-0.15, -0.1) is 0 Å². The fraction of sp³-hybridized carbons (Fsp3) is 0.294. The Labute approximate surface area is 119 Å². The minimum Gasteiger partial charge on any atom is -0.497 e. The molecule has 0 fully saturated rings. The quantitative estimate of drug-likeness (QED) is 0.876. The Balaban J connectivity index is 2.00. The van der Waals surface area contributed by atoms with E-state index in [1.165, 1.54) is 0 Å². The van der Waals surface area contributed by atoms with Crippen molar-refractivity contribution in [1.82, 2.24) is 0 Å². The van der Waals surface area contributed by atoms with E-state index in [1.54, 1.807) is 7.11 Å². The van der Waals surface area contributed by atoms with Crippen LogP contribution < -0.4 is 9.47 Å². The van der Waals surface area contributed by atoms with E-state index >= 15 is 0 Å². The van der Waals surface area contributed by atoms with E-state index in [9.17, 15) is 0 Å². The summed E-state index contributed by atoms with van der Waals surface area (Å²) >= 11 is 0. The zero-order valence-corrected chi connectivity index (χ0v) is 11.9. The molecular formula is C17H20O3. The predicted molar refractivity (Wildman–Crippen MR) is 79.3 cm³/mol. The van der Waals surface area contributed by atoms with Gasteiger partial charge in [0.15, 0.2) is 0 Å². The van der Waals surface area contributed by atoms with Crippen LogP contribution in [0.5, 0.6) is 11.5 Å². The van der Waals surface area contributed by atoms with Crippen molar-refractivity contribution in [2.75, 3.05) is 13.7 Å². The first kappa shape index (κ1) is 14.4. The van der Waals surface area contributed by atoms with Gasteiger partial charge in [-0.1, -0.05) is 24.3 Å². The summed E-state index contributed by atoms with van der Waals surface area (Å²) in [4.78, 5) is 0. The molecule has 1 N–H and O–H groups in total. The van der Waals surface area contributed by atoms with Gasteiger partial charge in [-0.2, -0.15) is 0 Å². The molecule has 3 heteroatoms. The Morgan fingerprint density at radius 2 is 1.55 bits per heavy atom. The van der Waals surface area contributed by atoms with Crippen LogP contribution in [0.3, 0.4) is 0 Å². The van der Waals surface area contributed by atoms with Gasteiger partial charge in [0.1, 0.15) is 17.6 Å². The first-order chi connectivity index (χ1) is 9.72. The Morgan fingerprint density at radius 1 is 0.950 bits per heavy atom. The van der Waals surface area contributed by atoms with Crippen LogP contribution in [0.4, 0.5) is 0 Å². The molecule has 2 rings (SSSR count). The van der Waals surface area contributed by atoms with Crippen LogP contribution in [-0.4, -0.2) is 18.8 Å². The molecule has 2 aromatic carbocycles. The van der Waals surface area contributed by atoms with E-state index in [4.69, 9.17) is 14.6 Å². The highest BCUT2D eigenvalue weighted by Gasteiger charge is 2.07. The molecule has 0 radical (unpaired) electrons. The number of aliphatic hydroxyl groups excluding tert-OH is 1. The SMILES string of the molecule is COc1ccc(C(C)Oc2ccc(CCO)cc2)cc1. The average molecular weight is 272 g/mol. The van der Waals surface area contributed by atoms with Crippen molar-refractivity contribution in [3.63, 3.8) is 0 Å². The molecule has 0 saturated heterocycles. The Morgan fingerprint density at radius 3 is 2.10 bits per heavy atom. The maximum absolute atomic E-state index is 8.88. The molecule has 0 aliphatic rings. The first-order valence-corrected chi connectivity index (χ1v) is 6.73. The van der Waals surface area contributed by atoms with Gasteiger partial charge < -0.3 is 14.6 Å². The number of rotatable bonds is 6. The Bertz CT molecular complexity index is 517. The van der Waals surface area contributed by atoms with Crippen LogP contribution >= 0.6 is 0 Å². The monoisotopic (exact) mass is 272 g/mol. The molecule has 3 nitrogen and oxygen atoms in total. The molecule has 1 atom stereocenters. The summed E-state index contributed by atoms with van der Waals surface area (Å²) in [6.45, 7) is 2.19. The second kappa shape index (κ2) is 6.96. The van der Waals surface area contributed by atoms with Crippen LogP contribution in [-0.2, 0) is 6.42 Å². The zero-order chi connectivity index (χ0) is 14.4. The van der Waals surface area contributed by atoms with E-state index in [1.807, 2.05) is 55.5 Å². The zero-order valence-electron chi connectivity index (χ0n) is 11.9. The lowest BCUT2D eigenvalue weighted by atomic mass is 10.1. The molecule has 0 aromatic heterocycles. The van der Waals surface area contributed by atoms with Crippen molar-refractivity contribution in [3.05, 3.63) is 59.7 Å². The number of ether oxygens (including phenoxy) is 2. The van der Waals surface area contributed by atoms with Crippen molar-refractivity contribution < 1.29 is 14.6 Å². The molecule has 0 amide bonds. The summed E-state index contributed by atoms with van der Waals surface area (Å²) in [6.07, 6.45) is 0.651. The van der Waals surface area contributed by atoms with Crippen molar-refractivity contribution in [1.29, 1.82) is 0 Å². The lowest BCUT2D eigenvalue weighted by Crippen LogP contribution is -2.03. The van der Waals surface area contributed by atoms with Crippen molar-refractivity contribution in [3.8, 4) is 11.5 Å². The smallest absolute Gasteiger partial charge is 0.121 e. The molecule has 0 heterocycles. The predicted octanol–water partition coefficient (Wildman–Crippen LogP) is 3.37. The second-order valence-corrected chi connectivity index (χ2v) is 4.65. The molecule has 0 aliphatic heterocycles. The summed E-state index contributed by atoms with van der Waals surface area (Å²) in [5.74, 6) is 1.67. The molecule has 1 unspecified atom stereocenters. The lowest BCUT2D eigenvalue weighted by Gasteiger charge is -2.15. The number of aliphatic hydroxyl groups is 1. The molecule has 0 aliphatic carbocycles. The maximum Gasteiger partial charge on any atom is 0.121 e. The third-order valence-corrected chi connectivity index (χ3v) is 3.22. The number of hydrogen-bond donors (Lipinski definition) is 1. The van der Waals surface area contributed by atoms with Crippen molar-refractivity contribution in [2.24, 2.45) is 0 Å². The molecular weight excluding hydrogens is 252 g/mol. The largest absolute Gasteiger partial charge is 0.497 e.